The normalized spacial score (nSPS) is 10.8. The zero-order valence-corrected chi connectivity index (χ0v) is 12.6. The van der Waals surface area contributed by atoms with Crippen LogP contribution in [0.2, 0.25) is 5.15 Å². The number of aromatic amines is 2. The highest BCUT2D eigenvalue weighted by molar-refractivity contribution is 9.10. The molecular weight excluding hydrogens is 362 g/mol. The molecule has 0 unspecified atom stereocenters. The molecule has 7 nitrogen and oxygen atoms in total. The van der Waals surface area contributed by atoms with Crippen molar-refractivity contribution in [1.29, 1.82) is 0 Å². The van der Waals surface area contributed by atoms with Crippen molar-refractivity contribution in [2.45, 2.75) is 0 Å². The first-order valence-electron chi connectivity index (χ1n) is 5.73. The summed E-state index contributed by atoms with van der Waals surface area (Å²) in [6.07, 6.45) is 2.57. The van der Waals surface area contributed by atoms with Crippen molar-refractivity contribution in [3.63, 3.8) is 0 Å². The summed E-state index contributed by atoms with van der Waals surface area (Å²) in [4.78, 5) is 36.2. The van der Waals surface area contributed by atoms with Gasteiger partial charge in [0, 0.05) is 4.47 Å². The van der Waals surface area contributed by atoms with Crippen LogP contribution >= 0.6 is 27.5 Å². The Bertz CT molecular complexity index is 887. The van der Waals surface area contributed by atoms with Crippen molar-refractivity contribution in [3.05, 3.63) is 50.3 Å². The van der Waals surface area contributed by atoms with E-state index in [0.29, 0.717) is 21.2 Å². The standard InChI is InChI=1S/C12H7BrClN5O2/c13-5-1-7-8(19-12(21)18-7)2-6(5)17-11(20)9-3-16-10(14)4-15-9/h1-4H,(H,17,20)(H2,18,19,21). The van der Waals surface area contributed by atoms with E-state index < -0.39 is 5.91 Å². The molecule has 0 fully saturated rings. The van der Waals surface area contributed by atoms with Gasteiger partial charge in [0.2, 0.25) is 0 Å². The van der Waals surface area contributed by atoms with Crippen molar-refractivity contribution in [3.8, 4) is 0 Å². The number of nitrogens with one attached hydrogen (secondary N) is 3. The third-order valence-electron chi connectivity index (χ3n) is 2.70. The van der Waals surface area contributed by atoms with Crippen LogP contribution < -0.4 is 11.0 Å². The van der Waals surface area contributed by atoms with Crippen LogP contribution in [0.25, 0.3) is 11.0 Å². The fourth-order valence-electron chi connectivity index (χ4n) is 1.77. The molecule has 0 spiro atoms. The van der Waals surface area contributed by atoms with Gasteiger partial charge < -0.3 is 15.3 Å². The summed E-state index contributed by atoms with van der Waals surface area (Å²) in [5, 5.41) is 2.89. The molecule has 0 aliphatic rings. The van der Waals surface area contributed by atoms with Crippen LogP contribution in [-0.4, -0.2) is 25.8 Å². The molecule has 2 aromatic heterocycles. The van der Waals surface area contributed by atoms with Crippen molar-refractivity contribution < 1.29 is 4.79 Å². The van der Waals surface area contributed by atoms with E-state index in [4.69, 9.17) is 11.6 Å². The van der Waals surface area contributed by atoms with Crippen molar-refractivity contribution >= 4 is 50.2 Å². The summed E-state index contributed by atoms with van der Waals surface area (Å²) < 4.78 is 0.625. The number of anilines is 1. The van der Waals surface area contributed by atoms with Crippen LogP contribution in [0, 0.1) is 0 Å². The third-order valence-corrected chi connectivity index (χ3v) is 3.56. The number of rotatable bonds is 2. The molecule has 9 heteroatoms. The van der Waals surface area contributed by atoms with Gasteiger partial charge >= 0.3 is 5.69 Å². The Hall–Kier alpha value is -2.19. The van der Waals surface area contributed by atoms with Gasteiger partial charge in [-0.15, -0.1) is 0 Å². The van der Waals surface area contributed by atoms with Crippen LogP contribution in [0.4, 0.5) is 5.69 Å². The Labute approximate surface area is 130 Å². The second kappa shape index (κ2) is 5.30. The minimum absolute atomic E-state index is 0.133. The molecule has 0 saturated carbocycles. The van der Waals surface area contributed by atoms with E-state index in [0.717, 1.165) is 0 Å². The number of imidazole rings is 1. The van der Waals surface area contributed by atoms with E-state index in [9.17, 15) is 9.59 Å². The number of amides is 1. The highest BCUT2D eigenvalue weighted by atomic mass is 79.9. The first-order chi connectivity index (χ1) is 10.0. The number of benzene rings is 1. The van der Waals surface area contributed by atoms with Gasteiger partial charge in [0.05, 0.1) is 29.1 Å². The predicted molar refractivity (Wildman–Crippen MR) is 81.6 cm³/mol. The smallest absolute Gasteiger partial charge is 0.319 e. The number of carbonyl (C=O) groups is 1. The van der Waals surface area contributed by atoms with Crippen molar-refractivity contribution in [2.24, 2.45) is 0 Å². The summed E-state index contributed by atoms with van der Waals surface area (Å²) in [5.74, 6) is -0.433. The molecule has 0 atom stereocenters. The predicted octanol–water partition coefficient (Wildman–Crippen LogP) is 2.31. The van der Waals surface area contributed by atoms with Crippen molar-refractivity contribution in [1.82, 2.24) is 19.9 Å². The van der Waals surface area contributed by atoms with Gasteiger partial charge in [0.1, 0.15) is 10.8 Å². The molecule has 3 N–H and O–H groups in total. The molecule has 0 saturated heterocycles. The summed E-state index contributed by atoms with van der Waals surface area (Å²) in [6, 6.07) is 3.33. The van der Waals surface area contributed by atoms with Crippen LogP contribution in [0.1, 0.15) is 10.5 Å². The van der Waals surface area contributed by atoms with Gasteiger partial charge in [-0.25, -0.2) is 14.8 Å². The van der Waals surface area contributed by atoms with Gasteiger partial charge in [-0.2, -0.15) is 0 Å². The maximum Gasteiger partial charge on any atom is 0.323 e. The first kappa shape index (κ1) is 13.8. The number of fused-ring (bicyclic) bond motifs is 1. The Morgan fingerprint density at radius 2 is 1.90 bits per heavy atom. The van der Waals surface area contributed by atoms with Gasteiger partial charge in [0.25, 0.3) is 5.91 Å². The number of halogens is 2. The molecule has 1 aromatic carbocycles. The van der Waals surface area contributed by atoms with Crippen LogP contribution in [0.15, 0.2) is 33.8 Å². The largest absolute Gasteiger partial charge is 0.323 e. The van der Waals surface area contributed by atoms with E-state index in [1.807, 2.05) is 0 Å². The Balaban J connectivity index is 1.93. The minimum atomic E-state index is -0.433. The first-order valence-corrected chi connectivity index (χ1v) is 6.90. The molecule has 3 aromatic rings. The van der Waals surface area contributed by atoms with Gasteiger partial charge in [0.15, 0.2) is 0 Å². The number of carbonyl (C=O) groups excluding carboxylic acids is 1. The highest BCUT2D eigenvalue weighted by Crippen LogP contribution is 2.26. The molecule has 0 bridgehead atoms. The van der Waals surface area contributed by atoms with Gasteiger partial charge in [-0.1, -0.05) is 11.6 Å². The number of hydrogen-bond donors (Lipinski definition) is 3. The molecule has 0 aliphatic heterocycles. The average molecular weight is 369 g/mol. The molecular formula is C12H7BrClN5O2. The maximum absolute atomic E-state index is 12.1. The molecule has 106 valence electrons. The SMILES string of the molecule is O=C(Nc1cc2[nH]c(=O)[nH]c2cc1Br)c1cnc(Cl)cn1. The van der Waals surface area contributed by atoms with E-state index >= 15 is 0 Å². The van der Waals surface area contributed by atoms with E-state index in [-0.39, 0.29) is 16.5 Å². The summed E-state index contributed by atoms with van der Waals surface area (Å²) in [5.41, 5.74) is 1.54. The lowest BCUT2D eigenvalue weighted by molar-refractivity contribution is 0.102. The number of H-pyrrole nitrogens is 2. The van der Waals surface area contributed by atoms with Crippen LogP contribution in [0.3, 0.4) is 0 Å². The van der Waals surface area contributed by atoms with Crippen LogP contribution in [0.5, 0.6) is 0 Å². The van der Waals surface area contributed by atoms with E-state index in [1.54, 1.807) is 12.1 Å². The Kier molecular flexibility index (Phi) is 3.48. The lowest BCUT2D eigenvalue weighted by Gasteiger charge is -2.07. The van der Waals surface area contributed by atoms with E-state index in [2.05, 4.69) is 41.2 Å². The average Bonchev–Trinajstić information content (AvgIpc) is 2.79. The van der Waals surface area contributed by atoms with E-state index in [1.165, 1.54) is 12.4 Å². The number of hydrogen-bond acceptors (Lipinski definition) is 4. The molecule has 1 amide bonds. The monoisotopic (exact) mass is 367 g/mol. The Morgan fingerprint density at radius 1 is 1.19 bits per heavy atom. The number of aromatic nitrogens is 4. The van der Waals surface area contributed by atoms with Crippen LogP contribution in [-0.2, 0) is 0 Å². The van der Waals surface area contributed by atoms with Gasteiger partial charge in [-0.05, 0) is 28.1 Å². The lowest BCUT2D eigenvalue weighted by atomic mass is 10.2. The third kappa shape index (κ3) is 2.81. The van der Waals surface area contributed by atoms with Crippen molar-refractivity contribution in [2.75, 3.05) is 5.32 Å². The lowest BCUT2D eigenvalue weighted by Crippen LogP contribution is -2.14. The second-order valence-corrected chi connectivity index (χ2v) is 5.38. The highest BCUT2D eigenvalue weighted by Gasteiger charge is 2.12. The minimum Gasteiger partial charge on any atom is -0.319 e. The number of nitrogens with zero attached hydrogens (tertiary/aromatic N) is 2. The summed E-state index contributed by atoms with van der Waals surface area (Å²) in [7, 11) is 0. The fourth-order valence-corrected chi connectivity index (χ4v) is 2.31. The summed E-state index contributed by atoms with van der Waals surface area (Å²) >= 11 is 8.95. The molecule has 21 heavy (non-hydrogen) atoms. The zero-order chi connectivity index (χ0) is 15.0. The molecule has 0 radical (unpaired) electrons. The molecule has 3 rings (SSSR count). The topological polar surface area (TPSA) is 104 Å². The quantitative estimate of drug-likeness (QED) is 0.645. The fraction of sp³-hybridized carbons (Fsp3) is 0. The molecule has 2 heterocycles. The summed E-state index contributed by atoms with van der Waals surface area (Å²) in [6.45, 7) is 0. The molecule has 0 aliphatic carbocycles. The van der Waals surface area contributed by atoms with Gasteiger partial charge in [-0.3, -0.25) is 4.79 Å². The maximum atomic E-state index is 12.1. The zero-order valence-electron chi connectivity index (χ0n) is 10.3. The second-order valence-electron chi connectivity index (χ2n) is 4.14. The Morgan fingerprint density at radius 3 is 2.57 bits per heavy atom.